The van der Waals surface area contributed by atoms with Gasteiger partial charge in [0, 0.05) is 5.02 Å². The molecule has 0 saturated carbocycles. The molecule has 7 nitrogen and oxygen atoms in total. The minimum Gasteiger partial charge on any atom is -0.497 e. The summed E-state index contributed by atoms with van der Waals surface area (Å²) in [6, 6.07) is 17.4. The highest BCUT2D eigenvalue weighted by atomic mass is 35.5. The Morgan fingerprint density at radius 3 is 2.44 bits per heavy atom. The summed E-state index contributed by atoms with van der Waals surface area (Å²) >= 11 is 6.03. The Kier molecular flexibility index (Phi) is 7.45. The van der Waals surface area contributed by atoms with Gasteiger partial charge < -0.3 is 4.74 Å². The minimum absolute atomic E-state index is 0.0270. The van der Waals surface area contributed by atoms with Gasteiger partial charge in [-0.05, 0) is 60.2 Å². The van der Waals surface area contributed by atoms with Crippen molar-refractivity contribution in [3.8, 4) is 5.75 Å². The number of hydrogen-bond donors (Lipinski definition) is 1. The van der Waals surface area contributed by atoms with E-state index in [1.54, 1.807) is 12.1 Å². The van der Waals surface area contributed by atoms with Gasteiger partial charge in [-0.15, -0.1) is 0 Å². The number of carbonyl (C=O) groups is 1. The second-order valence-corrected chi connectivity index (χ2v) is 8.81. The van der Waals surface area contributed by atoms with Gasteiger partial charge in [-0.3, -0.25) is 9.10 Å². The SMILES string of the molecule is COc1ccc(S(=O)(=O)N(CC(=O)N/N=C\c2ccc(F)cc2)c2cccc(Cl)c2)cc1. The van der Waals surface area contributed by atoms with Crippen LogP contribution in [0.1, 0.15) is 5.56 Å². The average Bonchev–Trinajstić information content (AvgIpc) is 2.78. The first kappa shape index (κ1) is 23.2. The number of nitrogens with one attached hydrogen (secondary N) is 1. The van der Waals surface area contributed by atoms with Gasteiger partial charge in [-0.1, -0.05) is 29.8 Å². The number of nitrogens with zero attached hydrogens (tertiary/aromatic N) is 2. The van der Waals surface area contributed by atoms with Crippen molar-refractivity contribution >= 4 is 39.4 Å². The highest BCUT2D eigenvalue weighted by Gasteiger charge is 2.27. The minimum atomic E-state index is -4.11. The van der Waals surface area contributed by atoms with Crippen LogP contribution >= 0.6 is 11.6 Å². The molecule has 32 heavy (non-hydrogen) atoms. The number of sulfonamides is 1. The Balaban J connectivity index is 1.84. The predicted molar refractivity (Wildman–Crippen MR) is 121 cm³/mol. The fourth-order valence-corrected chi connectivity index (χ4v) is 4.31. The fraction of sp³-hybridized carbons (Fsp3) is 0.0909. The van der Waals surface area contributed by atoms with Crippen LogP contribution in [0, 0.1) is 5.82 Å². The Bertz CT molecular complexity index is 1220. The molecule has 1 amide bonds. The zero-order chi connectivity index (χ0) is 23.1. The van der Waals surface area contributed by atoms with Crippen LogP contribution in [0.5, 0.6) is 5.75 Å². The maximum atomic E-state index is 13.3. The second kappa shape index (κ2) is 10.3. The molecule has 3 aromatic rings. The van der Waals surface area contributed by atoms with E-state index in [0.717, 1.165) is 4.31 Å². The lowest BCUT2D eigenvalue weighted by Crippen LogP contribution is -2.39. The molecule has 0 unspecified atom stereocenters. The molecule has 0 aliphatic heterocycles. The van der Waals surface area contributed by atoms with E-state index in [1.165, 1.54) is 74.0 Å². The Morgan fingerprint density at radius 2 is 1.81 bits per heavy atom. The molecule has 1 N–H and O–H groups in total. The van der Waals surface area contributed by atoms with E-state index in [4.69, 9.17) is 16.3 Å². The summed E-state index contributed by atoms with van der Waals surface area (Å²) in [7, 11) is -2.64. The van der Waals surface area contributed by atoms with Gasteiger partial charge in [-0.2, -0.15) is 5.10 Å². The molecule has 0 heterocycles. The van der Waals surface area contributed by atoms with Gasteiger partial charge in [0.25, 0.3) is 15.9 Å². The van der Waals surface area contributed by atoms with Gasteiger partial charge in [0.15, 0.2) is 0 Å². The monoisotopic (exact) mass is 475 g/mol. The molecule has 0 aliphatic carbocycles. The van der Waals surface area contributed by atoms with E-state index in [1.807, 2.05) is 0 Å². The molecular formula is C22H19ClFN3O4S. The number of benzene rings is 3. The van der Waals surface area contributed by atoms with Crippen LogP contribution in [-0.2, 0) is 14.8 Å². The van der Waals surface area contributed by atoms with Crippen LogP contribution < -0.4 is 14.5 Å². The van der Waals surface area contributed by atoms with Crippen molar-refractivity contribution in [2.45, 2.75) is 4.90 Å². The smallest absolute Gasteiger partial charge is 0.264 e. The van der Waals surface area contributed by atoms with Gasteiger partial charge in [-0.25, -0.2) is 18.2 Å². The molecule has 166 valence electrons. The summed E-state index contributed by atoms with van der Waals surface area (Å²) in [6.45, 7) is -0.546. The van der Waals surface area contributed by atoms with Crippen molar-refractivity contribution in [3.63, 3.8) is 0 Å². The van der Waals surface area contributed by atoms with Crippen LogP contribution in [-0.4, -0.2) is 34.2 Å². The number of hydrogen-bond acceptors (Lipinski definition) is 5. The number of ether oxygens (including phenoxy) is 1. The van der Waals surface area contributed by atoms with Crippen LogP contribution in [0.2, 0.25) is 5.02 Å². The van der Waals surface area contributed by atoms with E-state index >= 15 is 0 Å². The zero-order valence-electron chi connectivity index (χ0n) is 16.9. The first-order valence-corrected chi connectivity index (χ1v) is 11.1. The normalized spacial score (nSPS) is 11.3. The van der Waals surface area contributed by atoms with Gasteiger partial charge in [0.2, 0.25) is 0 Å². The number of hydrazone groups is 1. The first-order chi connectivity index (χ1) is 15.3. The van der Waals surface area contributed by atoms with Crippen molar-refractivity contribution in [3.05, 3.63) is 89.2 Å². The highest BCUT2D eigenvalue weighted by Crippen LogP contribution is 2.27. The number of rotatable bonds is 8. The number of methoxy groups -OCH3 is 1. The third-order valence-electron chi connectivity index (χ3n) is 4.30. The van der Waals surface area contributed by atoms with Crippen LogP contribution in [0.3, 0.4) is 0 Å². The number of amides is 1. The number of carbonyl (C=O) groups excluding carboxylic acids is 1. The summed E-state index contributed by atoms with van der Waals surface area (Å²) in [5.41, 5.74) is 3.05. The van der Waals surface area contributed by atoms with Crippen molar-refractivity contribution in [2.24, 2.45) is 5.10 Å². The summed E-state index contributed by atoms with van der Waals surface area (Å²) in [5, 5.41) is 4.11. The van der Waals surface area contributed by atoms with Gasteiger partial charge >= 0.3 is 0 Å². The van der Waals surface area contributed by atoms with Crippen LogP contribution in [0.15, 0.2) is 82.8 Å². The van der Waals surface area contributed by atoms with E-state index in [-0.39, 0.29) is 10.6 Å². The Morgan fingerprint density at radius 1 is 1.12 bits per heavy atom. The molecule has 0 saturated heterocycles. The highest BCUT2D eigenvalue weighted by molar-refractivity contribution is 7.92. The van der Waals surface area contributed by atoms with Crippen molar-refractivity contribution in [1.29, 1.82) is 0 Å². The lowest BCUT2D eigenvalue weighted by molar-refractivity contribution is -0.119. The maximum Gasteiger partial charge on any atom is 0.264 e. The van der Waals surface area contributed by atoms with Gasteiger partial charge in [0.1, 0.15) is 18.1 Å². The van der Waals surface area contributed by atoms with Crippen molar-refractivity contribution in [1.82, 2.24) is 5.43 Å². The molecule has 0 fully saturated rings. The molecule has 0 radical (unpaired) electrons. The van der Waals surface area contributed by atoms with Crippen LogP contribution in [0.4, 0.5) is 10.1 Å². The first-order valence-electron chi connectivity index (χ1n) is 9.29. The Labute approximate surface area is 190 Å². The number of halogens is 2. The molecule has 3 rings (SSSR count). The van der Waals surface area contributed by atoms with E-state index < -0.39 is 28.3 Å². The third-order valence-corrected chi connectivity index (χ3v) is 6.33. The standard InChI is InChI=1S/C22H19ClFN3O4S/c1-31-20-9-11-21(12-10-20)32(29,30)27(19-4-2-3-17(23)13-19)15-22(28)26-25-14-16-5-7-18(24)8-6-16/h2-14H,15H2,1H3,(H,26,28)/b25-14-. The molecule has 0 atom stereocenters. The molecule has 3 aromatic carbocycles. The fourth-order valence-electron chi connectivity index (χ4n) is 2.71. The molecular weight excluding hydrogens is 457 g/mol. The third kappa shape index (κ3) is 5.83. The van der Waals surface area contributed by atoms with Crippen molar-refractivity contribution in [2.75, 3.05) is 18.0 Å². The predicted octanol–water partition coefficient (Wildman–Crippen LogP) is 3.83. The summed E-state index contributed by atoms with van der Waals surface area (Å²) in [5.74, 6) is -0.585. The Hall–Kier alpha value is -3.43. The second-order valence-electron chi connectivity index (χ2n) is 6.51. The zero-order valence-corrected chi connectivity index (χ0v) is 18.5. The lowest BCUT2D eigenvalue weighted by Gasteiger charge is -2.24. The topological polar surface area (TPSA) is 88.1 Å². The number of anilines is 1. The largest absolute Gasteiger partial charge is 0.497 e. The van der Waals surface area contributed by atoms with E-state index in [2.05, 4.69) is 10.5 Å². The molecule has 0 bridgehead atoms. The summed E-state index contributed by atoms with van der Waals surface area (Å²) < 4.78 is 45.6. The van der Waals surface area contributed by atoms with E-state index in [0.29, 0.717) is 16.3 Å². The molecule has 10 heteroatoms. The van der Waals surface area contributed by atoms with Crippen LogP contribution in [0.25, 0.3) is 0 Å². The quantitative estimate of drug-likeness (QED) is 0.396. The molecule has 0 spiro atoms. The van der Waals surface area contributed by atoms with E-state index in [9.17, 15) is 17.6 Å². The summed E-state index contributed by atoms with van der Waals surface area (Å²) in [4.78, 5) is 12.5. The molecule has 0 aliphatic rings. The summed E-state index contributed by atoms with van der Waals surface area (Å²) in [6.07, 6.45) is 1.32. The lowest BCUT2D eigenvalue weighted by atomic mass is 10.2. The van der Waals surface area contributed by atoms with Crippen molar-refractivity contribution < 1.29 is 22.3 Å². The average molecular weight is 476 g/mol. The maximum absolute atomic E-state index is 13.3. The van der Waals surface area contributed by atoms with Gasteiger partial charge in [0.05, 0.1) is 23.9 Å². The molecule has 0 aromatic heterocycles.